The fourth-order valence-corrected chi connectivity index (χ4v) is 3.00. The molecule has 2 rings (SSSR count). The molecule has 0 amide bonds. The Morgan fingerprint density at radius 2 is 2.32 bits per heavy atom. The second-order valence-electron chi connectivity index (χ2n) is 5.21. The van der Waals surface area contributed by atoms with E-state index in [1.165, 1.54) is 12.5 Å². The summed E-state index contributed by atoms with van der Waals surface area (Å²) in [7, 11) is 0. The molecular formula is C15H23FN2O. The van der Waals surface area contributed by atoms with Crippen LogP contribution in [0.25, 0.3) is 0 Å². The van der Waals surface area contributed by atoms with E-state index >= 15 is 0 Å². The van der Waals surface area contributed by atoms with Crippen LogP contribution in [-0.2, 0) is 0 Å². The van der Waals surface area contributed by atoms with Gasteiger partial charge in [-0.1, -0.05) is 13.0 Å². The first-order valence-corrected chi connectivity index (χ1v) is 7.08. The number of phenolic OH excluding ortho intramolecular Hbond substituents is 1. The monoisotopic (exact) mass is 266 g/mol. The van der Waals surface area contributed by atoms with E-state index in [0.717, 1.165) is 26.1 Å². The van der Waals surface area contributed by atoms with Gasteiger partial charge in [0.25, 0.3) is 0 Å². The van der Waals surface area contributed by atoms with Crippen molar-refractivity contribution in [2.24, 2.45) is 0 Å². The fraction of sp³-hybridized carbons (Fsp3) is 0.600. The molecule has 0 radical (unpaired) electrons. The largest absolute Gasteiger partial charge is 0.508 e. The summed E-state index contributed by atoms with van der Waals surface area (Å²) in [5, 5.41) is 12.7. The number of nitrogens with zero attached hydrogens (tertiary/aromatic N) is 1. The van der Waals surface area contributed by atoms with E-state index in [4.69, 9.17) is 0 Å². The summed E-state index contributed by atoms with van der Waals surface area (Å²) in [6.07, 6.45) is 2.33. The van der Waals surface area contributed by atoms with Gasteiger partial charge in [0.15, 0.2) is 0 Å². The van der Waals surface area contributed by atoms with Crippen LogP contribution in [-0.4, -0.2) is 35.7 Å². The first kappa shape index (κ1) is 14.3. The molecule has 4 heteroatoms. The minimum atomic E-state index is -0.324. The van der Waals surface area contributed by atoms with Gasteiger partial charge in [0.05, 0.1) is 0 Å². The van der Waals surface area contributed by atoms with E-state index in [-0.39, 0.29) is 17.6 Å². The molecule has 1 aromatic carbocycles. The van der Waals surface area contributed by atoms with Crippen molar-refractivity contribution in [2.45, 2.75) is 38.8 Å². The van der Waals surface area contributed by atoms with Crippen molar-refractivity contribution in [3.63, 3.8) is 0 Å². The lowest BCUT2D eigenvalue weighted by molar-refractivity contribution is 0.126. The standard InChI is InChI=1S/C15H23FN2O/c1-3-18(12-5-4-8-17-10-12)11(2)14-7-6-13(19)9-15(14)16/h6-7,9,11-12,17,19H,3-5,8,10H2,1-2H3. The molecular weight excluding hydrogens is 243 g/mol. The zero-order chi connectivity index (χ0) is 13.8. The Morgan fingerprint density at radius 1 is 1.53 bits per heavy atom. The predicted octanol–water partition coefficient (Wildman–Crippen LogP) is 2.67. The summed E-state index contributed by atoms with van der Waals surface area (Å²) >= 11 is 0. The van der Waals surface area contributed by atoms with Gasteiger partial charge in [0, 0.05) is 30.3 Å². The van der Waals surface area contributed by atoms with Crippen molar-refractivity contribution in [1.82, 2.24) is 10.2 Å². The Balaban J connectivity index is 2.17. The quantitative estimate of drug-likeness (QED) is 0.879. The summed E-state index contributed by atoms with van der Waals surface area (Å²) in [5.41, 5.74) is 0.658. The lowest BCUT2D eigenvalue weighted by Crippen LogP contribution is -2.47. The summed E-state index contributed by atoms with van der Waals surface area (Å²) in [6.45, 7) is 7.10. The van der Waals surface area contributed by atoms with Gasteiger partial charge in [0.2, 0.25) is 0 Å². The second-order valence-corrected chi connectivity index (χ2v) is 5.21. The van der Waals surface area contributed by atoms with Gasteiger partial charge in [-0.25, -0.2) is 4.39 Å². The molecule has 0 aliphatic carbocycles. The smallest absolute Gasteiger partial charge is 0.131 e. The summed E-state index contributed by atoms with van der Waals surface area (Å²) < 4.78 is 14.0. The Morgan fingerprint density at radius 3 is 2.89 bits per heavy atom. The van der Waals surface area contributed by atoms with Crippen LogP contribution >= 0.6 is 0 Å². The number of hydrogen-bond donors (Lipinski definition) is 2. The molecule has 1 aliphatic heterocycles. The zero-order valence-electron chi connectivity index (χ0n) is 11.7. The highest BCUT2D eigenvalue weighted by atomic mass is 19.1. The van der Waals surface area contributed by atoms with Crippen LogP contribution in [0.1, 0.15) is 38.3 Å². The normalized spacial score (nSPS) is 21.6. The molecule has 0 spiro atoms. The number of hydrogen-bond acceptors (Lipinski definition) is 3. The van der Waals surface area contributed by atoms with E-state index in [2.05, 4.69) is 17.1 Å². The first-order chi connectivity index (χ1) is 9.13. The number of piperidine rings is 1. The summed E-state index contributed by atoms with van der Waals surface area (Å²) in [6, 6.07) is 4.92. The summed E-state index contributed by atoms with van der Waals surface area (Å²) in [5.74, 6) is -0.342. The number of phenols is 1. The molecule has 1 aliphatic rings. The maximum Gasteiger partial charge on any atom is 0.131 e. The molecule has 2 atom stereocenters. The molecule has 1 aromatic rings. The fourth-order valence-electron chi connectivity index (χ4n) is 3.00. The maximum atomic E-state index is 14.0. The molecule has 106 valence electrons. The van der Waals surface area contributed by atoms with Crippen LogP contribution in [0.4, 0.5) is 4.39 Å². The SMILES string of the molecule is CCN(C1CCCNC1)C(C)c1ccc(O)cc1F. The van der Waals surface area contributed by atoms with Crippen LogP contribution in [0.5, 0.6) is 5.75 Å². The molecule has 1 heterocycles. The Labute approximate surface area is 114 Å². The van der Waals surface area contributed by atoms with E-state index in [0.29, 0.717) is 11.6 Å². The van der Waals surface area contributed by atoms with Crippen LogP contribution in [0.15, 0.2) is 18.2 Å². The second kappa shape index (κ2) is 6.35. The third-order valence-electron chi connectivity index (χ3n) is 4.04. The van der Waals surface area contributed by atoms with Crippen molar-refractivity contribution in [1.29, 1.82) is 0 Å². The van der Waals surface area contributed by atoms with Gasteiger partial charge in [0.1, 0.15) is 11.6 Å². The Bertz CT molecular complexity index is 419. The van der Waals surface area contributed by atoms with Crippen molar-refractivity contribution in [2.75, 3.05) is 19.6 Å². The Hall–Kier alpha value is -1.13. The minimum absolute atomic E-state index is 0.0177. The van der Waals surface area contributed by atoms with E-state index in [1.807, 2.05) is 6.92 Å². The number of aromatic hydroxyl groups is 1. The molecule has 0 bridgehead atoms. The number of halogens is 1. The molecule has 19 heavy (non-hydrogen) atoms. The van der Waals surface area contributed by atoms with Crippen molar-refractivity contribution in [3.8, 4) is 5.75 Å². The Kier molecular flexibility index (Phi) is 4.77. The third kappa shape index (κ3) is 3.25. The van der Waals surface area contributed by atoms with Gasteiger partial charge in [-0.3, -0.25) is 4.90 Å². The number of rotatable bonds is 4. The minimum Gasteiger partial charge on any atom is -0.508 e. The van der Waals surface area contributed by atoms with Crippen LogP contribution in [0.2, 0.25) is 0 Å². The molecule has 0 saturated carbocycles. The lowest BCUT2D eigenvalue weighted by Gasteiger charge is -2.38. The van der Waals surface area contributed by atoms with Gasteiger partial charge in [-0.05, 0) is 38.9 Å². The van der Waals surface area contributed by atoms with Gasteiger partial charge < -0.3 is 10.4 Å². The van der Waals surface area contributed by atoms with Crippen LogP contribution in [0, 0.1) is 5.82 Å². The average molecular weight is 266 g/mol. The van der Waals surface area contributed by atoms with Crippen LogP contribution in [0.3, 0.4) is 0 Å². The molecule has 1 fully saturated rings. The predicted molar refractivity (Wildman–Crippen MR) is 74.8 cm³/mol. The molecule has 2 unspecified atom stereocenters. The highest BCUT2D eigenvalue weighted by molar-refractivity contribution is 5.29. The highest BCUT2D eigenvalue weighted by Gasteiger charge is 2.26. The van der Waals surface area contributed by atoms with Crippen molar-refractivity contribution in [3.05, 3.63) is 29.6 Å². The summed E-state index contributed by atoms with van der Waals surface area (Å²) in [4.78, 5) is 2.33. The zero-order valence-corrected chi connectivity index (χ0v) is 11.7. The number of benzene rings is 1. The molecule has 0 aromatic heterocycles. The molecule has 1 saturated heterocycles. The van der Waals surface area contributed by atoms with E-state index in [1.54, 1.807) is 12.1 Å². The van der Waals surface area contributed by atoms with Gasteiger partial charge in [-0.15, -0.1) is 0 Å². The van der Waals surface area contributed by atoms with Gasteiger partial charge >= 0.3 is 0 Å². The first-order valence-electron chi connectivity index (χ1n) is 7.08. The topological polar surface area (TPSA) is 35.5 Å². The third-order valence-corrected chi connectivity index (χ3v) is 4.04. The molecule has 2 N–H and O–H groups in total. The van der Waals surface area contributed by atoms with Crippen molar-refractivity contribution >= 4 is 0 Å². The van der Waals surface area contributed by atoms with Gasteiger partial charge in [-0.2, -0.15) is 0 Å². The molecule has 3 nitrogen and oxygen atoms in total. The van der Waals surface area contributed by atoms with E-state index in [9.17, 15) is 9.50 Å². The number of nitrogens with one attached hydrogen (secondary N) is 1. The van der Waals surface area contributed by atoms with Crippen molar-refractivity contribution < 1.29 is 9.50 Å². The van der Waals surface area contributed by atoms with Crippen LogP contribution < -0.4 is 5.32 Å². The maximum absolute atomic E-state index is 14.0. The lowest BCUT2D eigenvalue weighted by atomic mass is 10.00. The number of likely N-dealkylation sites (N-methyl/N-ethyl adjacent to an activating group) is 1. The van der Waals surface area contributed by atoms with E-state index < -0.39 is 0 Å². The highest BCUT2D eigenvalue weighted by Crippen LogP contribution is 2.28. The average Bonchev–Trinajstić information content (AvgIpc) is 2.40.